The van der Waals surface area contributed by atoms with Crippen molar-refractivity contribution in [2.24, 2.45) is 0 Å². The van der Waals surface area contributed by atoms with E-state index in [1.807, 2.05) is 0 Å². The molecule has 0 radical (unpaired) electrons. The summed E-state index contributed by atoms with van der Waals surface area (Å²) in [5.41, 5.74) is -0.551. The second-order valence-corrected chi connectivity index (χ2v) is 6.79. The van der Waals surface area contributed by atoms with Crippen LogP contribution >= 0.6 is 0 Å². The van der Waals surface area contributed by atoms with Crippen LogP contribution in [0.3, 0.4) is 0 Å². The number of nitrogens with zero attached hydrogens (tertiary/aromatic N) is 3. The minimum atomic E-state index is -0.993. The average Bonchev–Trinajstić information content (AvgIpc) is 2.63. The Morgan fingerprint density at radius 3 is 2.61 bits per heavy atom. The Morgan fingerprint density at radius 2 is 2.00 bits per heavy atom. The summed E-state index contributed by atoms with van der Waals surface area (Å²) in [6.07, 6.45) is 1.50. The molecule has 1 heterocycles. The lowest BCUT2D eigenvalue weighted by atomic mass is 10.0. The first-order valence-electron chi connectivity index (χ1n) is 8.87. The molecule has 0 aliphatic heterocycles. The molecule has 8 nitrogen and oxygen atoms in total. The first-order chi connectivity index (χ1) is 13.2. The number of urea groups is 1. The van der Waals surface area contributed by atoms with Crippen LogP contribution < -0.4 is 15.5 Å². The number of hydrogen-bond donors (Lipinski definition) is 3. The Hall–Kier alpha value is -2.78. The van der Waals surface area contributed by atoms with Gasteiger partial charge in [-0.15, -0.1) is 0 Å². The van der Waals surface area contributed by atoms with E-state index in [0.29, 0.717) is 24.7 Å². The highest BCUT2D eigenvalue weighted by molar-refractivity contribution is 5.98. The highest BCUT2D eigenvalue weighted by Crippen LogP contribution is 2.25. The zero-order valence-electron chi connectivity index (χ0n) is 16.4. The maximum atomic E-state index is 13.3. The van der Waals surface area contributed by atoms with Crippen LogP contribution in [0.2, 0.25) is 0 Å². The fraction of sp³-hybridized carbons (Fsp3) is 0.421. The number of methoxy groups -OCH3 is 1. The van der Waals surface area contributed by atoms with Gasteiger partial charge in [-0.25, -0.2) is 19.1 Å². The summed E-state index contributed by atoms with van der Waals surface area (Å²) in [5.74, 6) is 0.137. The van der Waals surface area contributed by atoms with Crippen molar-refractivity contribution >= 4 is 23.5 Å². The van der Waals surface area contributed by atoms with Gasteiger partial charge in [-0.2, -0.15) is 4.98 Å². The van der Waals surface area contributed by atoms with Crippen molar-refractivity contribution in [2.45, 2.75) is 32.4 Å². The minimum Gasteiger partial charge on any atom is -0.388 e. The van der Waals surface area contributed by atoms with Gasteiger partial charge < -0.3 is 20.5 Å². The number of rotatable bonds is 8. The van der Waals surface area contributed by atoms with E-state index in [0.717, 1.165) is 0 Å². The van der Waals surface area contributed by atoms with Crippen LogP contribution in [-0.2, 0) is 4.74 Å². The third kappa shape index (κ3) is 5.86. The fourth-order valence-electron chi connectivity index (χ4n) is 2.20. The van der Waals surface area contributed by atoms with Gasteiger partial charge in [0, 0.05) is 25.9 Å². The molecule has 0 saturated heterocycles. The topological polar surface area (TPSA) is 99.6 Å². The molecule has 0 saturated carbocycles. The molecule has 9 heteroatoms. The Balaban J connectivity index is 2.33. The van der Waals surface area contributed by atoms with Crippen molar-refractivity contribution in [1.82, 2.24) is 15.3 Å². The lowest BCUT2D eigenvalue weighted by Crippen LogP contribution is -2.40. The van der Waals surface area contributed by atoms with Crippen molar-refractivity contribution in [3.8, 4) is 0 Å². The molecule has 0 bridgehead atoms. The van der Waals surface area contributed by atoms with Crippen LogP contribution in [0.4, 0.5) is 26.6 Å². The number of amides is 2. The molecule has 3 N–H and O–H groups in total. The summed E-state index contributed by atoms with van der Waals surface area (Å²) in [6, 6.07) is 6.29. The maximum Gasteiger partial charge on any atom is 0.327 e. The highest BCUT2D eigenvalue weighted by Gasteiger charge is 2.24. The van der Waals surface area contributed by atoms with Crippen molar-refractivity contribution in [3.63, 3.8) is 0 Å². The molecule has 2 aromatic rings. The quantitative estimate of drug-likeness (QED) is 0.599. The third-order valence-electron chi connectivity index (χ3n) is 4.15. The molecule has 1 aromatic carbocycles. The normalized spacial score (nSPS) is 12.4. The number of halogens is 1. The van der Waals surface area contributed by atoms with Crippen LogP contribution in [0.15, 0.2) is 36.5 Å². The molecule has 0 aliphatic rings. The largest absolute Gasteiger partial charge is 0.388 e. The van der Waals surface area contributed by atoms with Gasteiger partial charge in [0.1, 0.15) is 11.6 Å². The number of carbonyl (C=O) groups is 1. The third-order valence-corrected chi connectivity index (χ3v) is 4.15. The number of carbonyl (C=O) groups excluding carboxylic acids is 1. The monoisotopic (exact) mass is 391 g/mol. The summed E-state index contributed by atoms with van der Waals surface area (Å²) >= 11 is 0. The number of anilines is 3. The molecule has 0 spiro atoms. The summed E-state index contributed by atoms with van der Waals surface area (Å²) in [7, 11) is 1.54. The molecule has 1 atom stereocenters. The van der Waals surface area contributed by atoms with E-state index < -0.39 is 17.4 Å². The van der Waals surface area contributed by atoms with Gasteiger partial charge in [-0.05, 0) is 45.0 Å². The lowest BCUT2D eigenvalue weighted by molar-refractivity contribution is 0.0646. The van der Waals surface area contributed by atoms with E-state index >= 15 is 0 Å². The van der Waals surface area contributed by atoms with Crippen LogP contribution in [0, 0.1) is 5.82 Å². The summed E-state index contributed by atoms with van der Waals surface area (Å²) in [4.78, 5) is 22.6. The van der Waals surface area contributed by atoms with Crippen LogP contribution in [0.5, 0.6) is 0 Å². The molecule has 1 unspecified atom stereocenters. The van der Waals surface area contributed by atoms with Gasteiger partial charge in [0.15, 0.2) is 0 Å². The molecule has 0 fully saturated rings. The van der Waals surface area contributed by atoms with Gasteiger partial charge in [-0.1, -0.05) is 0 Å². The molecule has 0 aliphatic carbocycles. The molecule has 2 rings (SSSR count). The van der Waals surface area contributed by atoms with Crippen LogP contribution in [-0.4, -0.2) is 53.0 Å². The van der Waals surface area contributed by atoms with Crippen molar-refractivity contribution in [1.29, 1.82) is 0 Å². The van der Waals surface area contributed by atoms with E-state index in [-0.39, 0.29) is 12.0 Å². The summed E-state index contributed by atoms with van der Waals surface area (Å²) < 4.78 is 18.3. The number of aliphatic hydroxyl groups is 1. The van der Waals surface area contributed by atoms with Gasteiger partial charge >= 0.3 is 6.03 Å². The van der Waals surface area contributed by atoms with E-state index in [4.69, 9.17) is 4.74 Å². The van der Waals surface area contributed by atoms with Crippen molar-refractivity contribution in [3.05, 3.63) is 42.3 Å². The van der Waals surface area contributed by atoms with Crippen molar-refractivity contribution < 1.29 is 19.0 Å². The lowest BCUT2D eigenvalue weighted by Gasteiger charge is -2.27. The number of ether oxygens (including phenoxy) is 1. The van der Waals surface area contributed by atoms with Gasteiger partial charge in [-0.3, -0.25) is 0 Å². The average molecular weight is 391 g/mol. The highest BCUT2D eigenvalue weighted by atomic mass is 19.1. The predicted octanol–water partition coefficient (Wildman–Crippen LogP) is 2.68. The zero-order chi connectivity index (χ0) is 20.7. The Bertz CT molecular complexity index is 780. The minimum absolute atomic E-state index is 0.254. The Labute approximate surface area is 163 Å². The smallest absolute Gasteiger partial charge is 0.327 e. The van der Waals surface area contributed by atoms with E-state index in [9.17, 15) is 14.3 Å². The molecule has 152 valence electrons. The Morgan fingerprint density at radius 1 is 1.32 bits per heavy atom. The standard InChI is InChI=1S/C19H26FN5O3/c1-13(19(2,3)27)23-17-21-10-9-16(24-17)25(18(26)22-11-12-28-4)15-7-5-14(20)6-8-15/h5-10,13,27H,11-12H2,1-4H3,(H,22,26)(H,21,23,24). The zero-order valence-corrected chi connectivity index (χ0v) is 16.4. The molecular formula is C19H26FN5O3. The molecule has 28 heavy (non-hydrogen) atoms. The fourth-order valence-corrected chi connectivity index (χ4v) is 2.20. The first-order valence-corrected chi connectivity index (χ1v) is 8.87. The van der Waals surface area contributed by atoms with E-state index in [1.54, 1.807) is 26.8 Å². The molecular weight excluding hydrogens is 365 g/mol. The summed E-state index contributed by atoms with van der Waals surface area (Å²) in [6.45, 7) is 5.79. The van der Waals surface area contributed by atoms with Gasteiger partial charge in [0.25, 0.3) is 0 Å². The molecule has 1 aromatic heterocycles. The number of aromatic nitrogens is 2. The Kier molecular flexibility index (Phi) is 7.24. The van der Waals surface area contributed by atoms with Crippen LogP contribution in [0.25, 0.3) is 0 Å². The van der Waals surface area contributed by atoms with Gasteiger partial charge in [0.2, 0.25) is 5.95 Å². The van der Waals surface area contributed by atoms with Gasteiger partial charge in [0.05, 0.1) is 23.9 Å². The summed E-state index contributed by atoms with van der Waals surface area (Å²) in [5, 5.41) is 15.8. The SMILES string of the molecule is COCCNC(=O)N(c1ccc(F)cc1)c1ccnc(NC(C)C(C)(C)O)n1. The maximum absolute atomic E-state index is 13.3. The first kappa shape index (κ1) is 21.5. The van der Waals surface area contributed by atoms with Crippen molar-refractivity contribution in [2.75, 3.05) is 30.5 Å². The second kappa shape index (κ2) is 9.43. The van der Waals surface area contributed by atoms with E-state index in [1.165, 1.54) is 42.5 Å². The molecule has 2 amide bonds. The number of benzene rings is 1. The van der Waals surface area contributed by atoms with Crippen LogP contribution in [0.1, 0.15) is 20.8 Å². The predicted molar refractivity (Wildman–Crippen MR) is 105 cm³/mol. The number of hydrogen-bond acceptors (Lipinski definition) is 6. The second-order valence-electron chi connectivity index (χ2n) is 6.79. The number of nitrogens with one attached hydrogen (secondary N) is 2. The van der Waals surface area contributed by atoms with E-state index in [2.05, 4.69) is 20.6 Å².